The summed E-state index contributed by atoms with van der Waals surface area (Å²) in [6, 6.07) is 0. The van der Waals surface area contributed by atoms with E-state index in [1.807, 2.05) is 0 Å². The van der Waals surface area contributed by atoms with Crippen molar-refractivity contribution in [2.24, 2.45) is 0 Å². The Bertz CT molecular complexity index is 87.3. The van der Waals surface area contributed by atoms with Gasteiger partial charge in [0.2, 0.25) is 0 Å². The van der Waals surface area contributed by atoms with Crippen molar-refractivity contribution < 1.29 is 4.84 Å². The molecule has 2 aliphatic rings. The molecule has 0 aromatic carbocycles. The molecule has 0 radical (unpaired) electrons. The summed E-state index contributed by atoms with van der Waals surface area (Å²) in [5.74, 6) is 0. The van der Waals surface area contributed by atoms with Crippen LogP contribution in [0.1, 0.15) is 6.42 Å². The van der Waals surface area contributed by atoms with Gasteiger partial charge in [-0.3, -0.25) is 10.9 Å². The van der Waals surface area contributed by atoms with E-state index in [-0.39, 0.29) is 5.54 Å². The fourth-order valence-electron chi connectivity index (χ4n) is 1.28. The first kappa shape index (κ1) is 5.61. The molecule has 52 valence electrons. The lowest BCUT2D eigenvalue weighted by Gasteiger charge is -2.17. The molecule has 0 unspecified atom stereocenters. The maximum atomic E-state index is 5.05. The van der Waals surface area contributed by atoms with Crippen LogP contribution < -0.4 is 16.3 Å². The lowest BCUT2D eigenvalue weighted by atomic mass is 10.00. The predicted molar refractivity (Wildman–Crippen MR) is 32.4 cm³/mol. The van der Waals surface area contributed by atoms with E-state index in [1.54, 1.807) is 0 Å². The first-order valence-electron chi connectivity index (χ1n) is 3.26. The fourth-order valence-corrected chi connectivity index (χ4v) is 1.28. The van der Waals surface area contributed by atoms with Crippen molar-refractivity contribution in [1.29, 1.82) is 0 Å². The van der Waals surface area contributed by atoms with Crippen LogP contribution in [0.5, 0.6) is 0 Å². The van der Waals surface area contributed by atoms with Crippen LogP contribution in [0, 0.1) is 0 Å². The smallest absolute Gasteiger partial charge is 0.0730 e. The van der Waals surface area contributed by atoms with E-state index in [4.69, 9.17) is 4.84 Å². The van der Waals surface area contributed by atoms with Gasteiger partial charge in [0.25, 0.3) is 0 Å². The highest BCUT2D eigenvalue weighted by Gasteiger charge is 2.37. The van der Waals surface area contributed by atoms with E-state index in [9.17, 15) is 0 Å². The maximum absolute atomic E-state index is 5.05. The van der Waals surface area contributed by atoms with E-state index < -0.39 is 0 Å². The number of hydrazine groups is 1. The largest absolute Gasteiger partial charge is 0.301 e. The third-order valence-corrected chi connectivity index (χ3v) is 1.95. The van der Waals surface area contributed by atoms with Crippen LogP contribution in [-0.4, -0.2) is 25.2 Å². The van der Waals surface area contributed by atoms with Gasteiger partial charge < -0.3 is 4.84 Å². The van der Waals surface area contributed by atoms with E-state index in [1.165, 1.54) is 0 Å². The molecule has 0 amide bonds. The zero-order valence-electron chi connectivity index (χ0n) is 5.24. The van der Waals surface area contributed by atoms with Crippen molar-refractivity contribution in [2.45, 2.75) is 12.0 Å². The molecule has 2 saturated heterocycles. The van der Waals surface area contributed by atoms with Crippen molar-refractivity contribution in [3.8, 4) is 0 Å². The van der Waals surface area contributed by atoms with E-state index in [0.29, 0.717) is 0 Å². The van der Waals surface area contributed by atoms with Crippen molar-refractivity contribution in [3.05, 3.63) is 0 Å². The number of rotatable bonds is 0. The van der Waals surface area contributed by atoms with Crippen LogP contribution in [-0.2, 0) is 4.84 Å². The molecule has 0 aromatic rings. The number of hydrogen-bond donors (Lipinski definition) is 3. The summed E-state index contributed by atoms with van der Waals surface area (Å²) in [6.07, 6.45) is 1.10. The Morgan fingerprint density at radius 3 is 2.56 bits per heavy atom. The van der Waals surface area contributed by atoms with E-state index in [0.717, 1.165) is 26.1 Å². The zero-order chi connectivity index (χ0) is 6.16. The van der Waals surface area contributed by atoms with Gasteiger partial charge in [0.15, 0.2) is 0 Å². The standard InChI is InChI=1S/C5H11N3O/c1-2-9-8-5(1)3-6-7-4-5/h6-8H,1-4H2. The maximum Gasteiger partial charge on any atom is 0.0730 e. The second-order valence-corrected chi connectivity index (χ2v) is 2.69. The quantitative estimate of drug-likeness (QED) is 0.383. The first-order valence-corrected chi connectivity index (χ1v) is 3.26. The topological polar surface area (TPSA) is 45.3 Å². The Hall–Kier alpha value is -0.160. The Morgan fingerprint density at radius 1 is 1.22 bits per heavy atom. The van der Waals surface area contributed by atoms with Gasteiger partial charge in [0.1, 0.15) is 0 Å². The third-order valence-electron chi connectivity index (χ3n) is 1.95. The van der Waals surface area contributed by atoms with Gasteiger partial charge in [-0.1, -0.05) is 0 Å². The van der Waals surface area contributed by atoms with Crippen LogP contribution in [0.3, 0.4) is 0 Å². The average Bonchev–Trinajstić information content (AvgIpc) is 2.45. The van der Waals surface area contributed by atoms with E-state index in [2.05, 4.69) is 16.3 Å². The summed E-state index contributed by atoms with van der Waals surface area (Å²) in [4.78, 5) is 5.05. The number of nitrogens with one attached hydrogen (secondary N) is 3. The van der Waals surface area contributed by atoms with Crippen molar-refractivity contribution >= 4 is 0 Å². The van der Waals surface area contributed by atoms with Crippen LogP contribution >= 0.6 is 0 Å². The molecule has 3 N–H and O–H groups in total. The fraction of sp³-hybridized carbons (Fsp3) is 1.00. The molecular weight excluding hydrogens is 118 g/mol. The van der Waals surface area contributed by atoms with Gasteiger partial charge in [0.05, 0.1) is 12.1 Å². The molecular formula is C5H11N3O. The summed E-state index contributed by atoms with van der Waals surface area (Å²) in [6.45, 7) is 2.77. The third kappa shape index (κ3) is 0.840. The molecule has 0 saturated carbocycles. The molecule has 0 aliphatic carbocycles. The molecule has 0 aromatic heterocycles. The minimum absolute atomic E-state index is 0.194. The van der Waals surface area contributed by atoms with Crippen LogP contribution in [0.25, 0.3) is 0 Å². The average molecular weight is 129 g/mol. The number of hydrogen-bond acceptors (Lipinski definition) is 4. The van der Waals surface area contributed by atoms with Crippen LogP contribution in [0.2, 0.25) is 0 Å². The monoisotopic (exact) mass is 129 g/mol. The first-order chi connectivity index (χ1) is 4.41. The van der Waals surface area contributed by atoms with Crippen molar-refractivity contribution in [2.75, 3.05) is 19.7 Å². The molecule has 4 nitrogen and oxygen atoms in total. The van der Waals surface area contributed by atoms with Crippen LogP contribution in [0.15, 0.2) is 0 Å². The molecule has 2 heterocycles. The highest BCUT2D eigenvalue weighted by molar-refractivity contribution is 4.95. The van der Waals surface area contributed by atoms with Gasteiger partial charge in [-0.15, -0.1) is 0 Å². The summed E-state index contributed by atoms with van der Waals surface area (Å²) in [7, 11) is 0. The predicted octanol–water partition coefficient (Wildman–Crippen LogP) is -1.24. The second kappa shape index (κ2) is 1.91. The van der Waals surface area contributed by atoms with Crippen molar-refractivity contribution in [3.63, 3.8) is 0 Å². The molecule has 0 atom stereocenters. The normalized spacial score (nSPS) is 32.0. The van der Waals surface area contributed by atoms with Gasteiger partial charge in [-0.25, -0.2) is 0 Å². The Morgan fingerprint density at radius 2 is 2.00 bits per heavy atom. The SMILES string of the molecule is C1CC2(CNNC2)NO1. The summed E-state index contributed by atoms with van der Waals surface area (Å²) in [5, 5.41) is 0. The minimum Gasteiger partial charge on any atom is -0.301 e. The van der Waals surface area contributed by atoms with Gasteiger partial charge in [0, 0.05) is 13.1 Å². The molecule has 0 bridgehead atoms. The van der Waals surface area contributed by atoms with Gasteiger partial charge in [-0.2, -0.15) is 5.48 Å². The highest BCUT2D eigenvalue weighted by Crippen LogP contribution is 2.16. The van der Waals surface area contributed by atoms with Gasteiger partial charge in [-0.05, 0) is 6.42 Å². The zero-order valence-corrected chi connectivity index (χ0v) is 5.24. The van der Waals surface area contributed by atoms with Crippen LogP contribution in [0.4, 0.5) is 0 Å². The van der Waals surface area contributed by atoms with E-state index >= 15 is 0 Å². The summed E-state index contributed by atoms with van der Waals surface area (Å²) < 4.78 is 0. The summed E-state index contributed by atoms with van der Waals surface area (Å²) in [5.41, 5.74) is 9.33. The highest BCUT2D eigenvalue weighted by atomic mass is 16.7. The molecule has 2 fully saturated rings. The Labute approximate surface area is 53.9 Å². The lowest BCUT2D eigenvalue weighted by Crippen LogP contribution is -2.43. The van der Waals surface area contributed by atoms with Crippen molar-refractivity contribution in [1.82, 2.24) is 16.3 Å². The second-order valence-electron chi connectivity index (χ2n) is 2.69. The van der Waals surface area contributed by atoms with Gasteiger partial charge >= 0.3 is 0 Å². The summed E-state index contributed by atoms with van der Waals surface area (Å²) >= 11 is 0. The molecule has 2 rings (SSSR count). The number of hydroxylamine groups is 1. The molecule has 2 aliphatic heterocycles. The Kier molecular flexibility index (Phi) is 1.19. The molecule has 1 spiro atoms. The molecule has 9 heavy (non-hydrogen) atoms. The Balaban J connectivity index is 2.04. The minimum atomic E-state index is 0.194. The lowest BCUT2D eigenvalue weighted by molar-refractivity contribution is 0.0692. The molecule has 4 heteroatoms.